The van der Waals surface area contributed by atoms with E-state index in [1.807, 2.05) is 6.92 Å². The number of nitro benzene ring substituents is 1. The highest BCUT2D eigenvalue weighted by molar-refractivity contribution is 8.13. The monoisotopic (exact) mass is 307 g/mol. The average molecular weight is 308 g/mol. The van der Waals surface area contributed by atoms with Gasteiger partial charge in [0.25, 0.3) is 9.05 Å². The molecule has 0 amide bonds. The third-order valence-electron chi connectivity index (χ3n) is 2.62. The van der Waals surface area contributed by atoms with E-state index in [-0.39, 0.29) is 16.7 Å². The van der Waals surface area contributed by atoms with E-state index in [0.29, 0.717) is 12.0 Å². The molecule has 0 aliphatic heterocycles. The van der Waals surface area contributed by atoms with Crippen LogP contribution in [0.25, 0.3) is 0 Å². The van der Waals surface area contributed by atoms with E-state index in [4.69, 9.17) is 15.4 Å². The van der Waals surface area contributed by atoms with Crippen LogP contribution in [0.5, 0.6) is 5.75 Å². The molecule has 0 aromatic heterocycles. The highest BCUT2D eigenvalue weighted by atomic mass is 35.7. The summed E-state index contributed by atoms with van der Waals surface area (Å²) in [5, 5.41) is 11.0. The Bertz CT molecular complexity index is 599. The summed E-state index contributed by atoms with van der Waals surface area (Å²) in [5.74, 6) is 0.0425. The van der Waals surface area contributed by atoms with Crippen molar-refractivity contribution < 1.29 is 18.1 Å². The molecule has 0 aliphatic rings. The first-order valence-electron chi connectivity index (χ1n) is 5.57. The predicted molar refractivity (Wildman–Crippen MR) is 71.3 cm³/mol. The molecule has 1 aromatic carbocycles. The molecule has 0 radical (unpaired) electrons. The molecular formula is C11H14ClNO5S. The van der Waals surface area contributed by atoms with Crippen molar-refractivity contribution in [2.24, 2.45) is 0 Å². The van der Waals surface area contributed by atoms with E-state index in [0.717, 1.165) is 6.07 Å². The van der Waals surface area contributed by atoms with Crippen LogP contribution < -0.4 is 4.74 Å². The minimum Gasteiger partial charge on any atom is -0.484 e. The Morgan fingerprint density at radius 2 is 2.05 bits per heavy atom. The van der Waals surface area contributed by atoms with Crippen molar-refractivity contribution in [2.75, 3.05) is 0 Å². The summed E-state index contributed by atoms with van der Waals surface area (Å²) in [5.41, 5.74) is -0.107. The van der Waals surface area contributed by atoms with Gasteiger partial charge >= 0.3 is 5.69 Å². The molecule has 0 saturated carbocycles. The minimum atomic E-state index is -4.03. The van der Waals surface area contributed by atoms with Crippen LogP contribution in [-0.4, -0.2) is 19.4 Å². The van der Waals surface area contributed by atoms with Crippen molar-refractivity contribution in [3.05, 3.63) is 27.8 Å². The van der Waals surface area contributed by atoms with Crippen LogP contribution in [0.15, 0.2) is 17.0 Å². The molecular weight excluding hydrogens is 294 g/mol. The molecule has 6 nitrogen and oxygen atoms in total. The molecule has 1 atom stereocenters. The molecule has 0 N–H and O–H groups in total. The molecule has 0 aliphatic carbocycles. The average Bonchev–Trinajstić information content (AvgIpc) is 2.26. The third-order valence-corrected chi connectivity index (χ3v) is 4.08. The smallest absolute Gasteiger partial charge is 0.312 e. The molecule has 1 rings (SSSR count). The minimum absolute atomic E-state index is 0.0425. The Balaban J connectivity index is 3.42. The summed E-state index contributed by atoms with van der Waals surface area (Å²) >= 11 is 0. The fourth-order valence-electron chi connectivity index (χ4n) is 1.45. The van der Waals surface area contributed by atoms with Gasteiger partial charge in [0.05, 0.1) is 15.9 Å². The van der Waals surface area contributed by atoms with E-state index in [1.165, 1.54) is 13.0 Å². The molecule has 106 valence electrons. The number of ether oxygens (including phenoxy) is 1. The lowest BCUT2D eigenvalue weighted by atomic mass is 10.2. The molecule has 1 aromatic rings. The van der Waals surface area contributed by atoms with Gasteiger partial charge in [-0.1, -0.05) is 6.92 Å². The quantitative estimate of drug-likeness (QED) is 0.474. The van der Waals surface area contributed by atoms with Crippen molar-refractivity contribution in [1.82, 2.24) is 0 Å². The van der Waals surface area contributed by atoms with Gasteiger partial charge in [-0.15, -0.1) is 0 Å². The number of benzene rings is 1. The van der Waals surface area contributed by atoms with Crippen LogP contribution in [0.3, 0.4) is 0 Å². The lowest BCUT2D eigenvalue weighted by Gasteiger charge is -2.14. The van der Waals surface area contributed by atoms with Gasteiger partial charge < -0.3 is 4.74 Å². The van der Waals surface area contributed by atoms with E-state index >= 15 is 0 Å². The van der Waals surface area contributed by atoms with E-state index < -0.39 is 19.7 Å². The Labute approximate surface area is 115 Å². The summed E-state index contributed by atoms with van der Waals surface area (Å²) < 4.78 is 28.1. The summed E-state index contributed by atoms with van der Waals surface area (Å²) in [6, 6.07) is 2.24. The fraction of sp³-hybridized carbons (Fsp3) is 0.455. The fourth-order valence-corrected chi connectivity index (χ4v) is 2.65. The zero-order chi connectivity index (χ0) is 14.8. The summed E-state index contributed by atoms with van der Waals surface area (Å²) in [6.45, 7) is 5.15. The number of aryl methyl sites for hydroxylation is 1. The second-order valence-corrected chi connectivity index (χ2v) is 6.65. The van der Waals surface area contributed by atoms with Gasteiger partial charge in [-0.05, 0) is 31.9 Å². The zero-order valence-corrected chi connectivity index (χ0v) is 12.3. The first-order valence-corrected chi connectivity index (χ1v) is 7.88. The van der Waals surface area contributed by atoms with Crippen molar-refractivity contribution in [2.45, 2.75) is 38.2 Å². The van der Waals surface area contributed by atoms with Crippen LogP contribution in [0, 0.1) is 17.0 Å². The Hall–Kier alpha value is -1.34. The van der Waals surface area contributed by atoms with Crippen molar-refractivity contribution in [3.8, 4) is 5.75 Å². The van der Waals surface area contributed by atoms with Crippen LogP contribution in [0.2, 0.25) is 0 Å². The number of hydrogen-bond donors (Lipinski definition) is 0. The zero-order valence-electron chi connectivity index (χ0n) is 10.7. The van der Waals surface area contributed by atoms with Gasteiger partial charge in [0.1, 0.15) is 0 Å². The highest BCUT2D eigenvalue weighted by Gasteiger charge is 2.24. The third kappa shape index (κ3) is 3.81. The molecule has 8 heteroatoms. The second-order valence-electron chi connectivity index (χ2n) is 4.12. The molecule has 0 bridgehead atoms. The van der Waals surface area contributed by atoms with Crippen molar-refractivity contribution in [1.29, 1.82) is 0 Å². The molecule has 19 heavy (non-hydrogen) atoms. The van der Waals surface area contributed by atoms with E-state index in [2.05, 4.69) is 0 Å². The first kappa shape index (κ1) is 15.7. The van der Waals surface area contributed by atoms with Crippen LogP contribution in [0.4, 0.5) is 5.69 Å². The lowest BCUT2D eigenvalue weighted by molar-refractivity contribution is -0.386. The first-order chi connectivity index (χ1) is 8.66. The van der Waals surface area contributed by atoms with Crippen LogP contribution >= 0.6 is 10.7 Å². The van der Waals surface area contributed by atoms with Gasteiger partial charge in [-0.25, -0.2) is 8.42 Å². The highest BCUT2D eigenvalue weighted by Crippen LogP contribution is 2.34. The number of halogens is 1. The predicted octanol–water partition coefficient (Wildman–Crippen LogP) is 3.01. The van der Waals surface area contributed by atoms with Gasteiger partial charge in [-0.3, -0.25) is 10.1 Å². The normalized spacial score (nSPS) is 13.1. The van der Waals surface area contributed by atoms with Crippen molar-refractivity contribution in [3.63, 3.8) is 0 Å². The van der Waals surface area contributed by atoms with Crippen molar-refractivity contribution >= 4 is 25.4 Å². The largest absolute Gasteiger partial charge is 0.484 e. The van der Waals surface area contributed by atoms with Crippen LogP contribution in [-0.2, 0) is 9.05 Å². The van der Waals surface area contributed by atoms with Crippen LogP contribution in [0.1, 0.15) is 25.8 Å². The summed E-state index contributed by atoms with van der Waals surface area (Å²) in [4.78, 5) is 10.00. The Morgan fingerprint density at radius 1 is 1.47 bits per heavy atom. The van der Waals surface area contributed by atoms with Gasteiger partial charge in [0, 0.05) is 16.7 Å². The van der Waals surface area contributed by atoms with E-state index in [1.54, 1.807) is 6.92 Å². The molecule has 0 saturated heterocycles. The molecule has 0 spiro atoms. The lowest BCUT2D eigenvalue weighted by Crippen LogP contribution is -2.11. The second kappa shape index (κ2) is 5.75. The maximum atomic E-state index is 11.3. The van der Waals surface area contributed by atoms with E-state index in [9.17, 15) is 18.5 Å². The number of nitro groups is 1. The molecule has 0 heterocycles. The van der Waals surface area contributed by atoms with Gasteiger partial charge in [0.15, 0.2) is 5.75 Å². The Kier molecular flexibility index (Phi) is 4.75. The SMILES string of the molecule is CCC(C)Oc1cc(C)c(S(=O)(=O)Cl)cc1[N+](=O)[O-]. The summed E-state index contributed by atoms with van der Waals surface area (Å²) in [7, 11) is 1.21. The number of nitrogens with zero attached hydrogens (tertiary/aromatic N) is 1. The number of hydrogen-bond acceptors (Lipinski definition) is 5. The Morgan fingerprint density at radius 3 is 2.47 bits per heavy atom. The topological polar surface area (TPSA) is 86.5 Å². The maximum absolute atomic E-state index is 11.3. The van der Waals surface area contributed by atoms with Gasteiger partial charge in [-0.2, -0.15) is 0 Å². The molecule has 0 fully saturated rings. The molecule has 1 unspecified atom stereocenters. The summed E-state index contributed by atoms with van der Waals surface area (Å²) in [6.07, 6.45) is 0.461. The standard InChI is InChI=1S/C11H14ClNO5S/c1-4-8(3)18-10-5-7(2)11(19(12,16)17)6-9(10)13(14)15/h5-6,8H,4H2,1-3H3. The number of rotatable bonds is 5. The van der Waals surface area contributed by atoms with Gasteiger partial charge in [0.2, 0.25) is 0 Å². The maximum Gasteiger partial charge on any atom is 0.312 e.